The summed E-state index contributed by atoms with van der Waals surface area (Å²) in [6.07, 6.45) is 4.63. The number of aliphatic hydroxyl groups is 1. The Balaban J connectivity index is 1.94. The van der Waals surface area contributed by atoms with Gasteiger partial charge in [-0.05, 0) is 43.4 Å². The molecule has 0 spiro atoms. The van der Waals surface area contributed by atoms with Crippen LogP contribution in [0.1, 0.15) is 43.2 Å². The molecule has 2 bridgehead atoms. The lowest BCUT2D eigenvalue weighted by atomic mass is 9.74. The van der Waals surface area contributed by atoms with E-state index in [1.165, 1.54) is 18.6 Å². The predicted octanol–water partition coefficient (Wildman–Crippen LogP) is 2.19. The zero-order valence-electron chi connectivity index (χ0n) is 10.7. The molecular formula is C15H17FN2O. The Kier molecular flexibility index (Phi) is 3.04. The average molecular weight is 260 g/mol. The molecule has 2 fully saturated rings. The topological polar surface area (TPSA) is 56.0 Å². The molecule has 0 aromatic heterocycles. The molecule has 2 atom stereocenters. The Hall–Kier alpha value is -1.44. The highest BCUT2D eigenvalue weighted by Gasteiger charge is 2.41. The Morgan fingerprint density at radius 2 is 2.00 bits per heavy atom. The van der Waals surface area contributed by atoms with Crippen LogP contribution >= 0.6 is 0 Å². The van der Waals surface area contributed by atoms with Crippen LogP contribution in [0, 0.1) is 17.1 Å². The maximum absolute atomic E-state index is 13.4. The first-order chi connectivity index (χ1) is 9.10. The van der Waals surface area contributed by atoms with Crippen molar-refractivity contribution in [1.29, 1.82) is 5.26 Å². The van der Waals surface area contributed by atoms with E-state index in [1.807, 2.05) is 6.07 Å². The second-order valence-electron chi connectivity index (χ2n) is 5.74. The second kappa shape index (κ2) is 4.59. The molecule has 2 heterocycles. The first-order valence-electron chi connectivity index (χ1n) is 6.79. The van der Waals surface area contributed by atoms with Gasteiger partial charge in [0.1, 0.15) is 11.9 Å². The van der Waals surface area contributed by atoms with Gasteiger partial charge in [-0.25, -0.2) is 4.39 Å². The Morgan fingerprint density at radius 3 is 2.63 bits per heavy atom. The van der Waals surface area contributed by atoms with Gasteiger partial charge in [0.2, 0.25) is 0 Å². The van der Waals surface area contributed by atoms with Crippen molar-refractivity contribution in [3.05, 3.63) is 35.1 Å². The van der Waals surface area contributed by atoms with Crippen molar-refractivity contribution in [1.82, 2.24) is 5.32 Å². The van der Waals surface area contributed by atoms with Gasteiger partial charge < -0.3 is 10.4 Å². The molecule has 0 amide bonds. The third kappa shape index (κ3) is 2.24. The molecule has 1 aromatic rings. The summed E-state index contributed by atoms with van der Waals surface area (Å²) in [5.74, 6) is -0.524. The standard InChI is InChI=1S/C15H17FN2O/c16-14-5-4-11(6-10(14)9-17)15(19)7-12-2-1-3-13(8-15)18-12/h4-6,12-13,18-19H,1-3,7-8H2. The van der Waals surface area contributed by atoms with Crippen molar-refractivity contribution in [3.63, 3.8) is 0 Å². The molecule has 2 aliphatic rings. The molecule has 4 heteroatoms. The molecule has 2 unspecified atom stereocenters. The van der Waals surface area contributed by atoms with Crippen molar-refractivity contribution < 1.29 is 9.50 Å². The number of piperidine rings is 2. The third-order valence-corrected chi connectivity index (χ3v) is 4.37. The van der Waals surface area contributed by atoms with E-state index >= 15 is 0 Å². The van der Waals surface area contributed by atoms with Crippen LogP contribution in [0.5, 0.6) is 0 Å². The summed E-state index contributed by atoms with van der Waals surface area (Å²) in [6.45, 7) is 0. The van der Waals surface area contributed by atoms with Crippen molar-refractivity contribution in [2.45, 2.75) is 49.8 Å². The number of hydrogen-bond donors (Lipinski definition) is 2. The largest absolute Gasteiger partial charge is 0.385 e. The zero-order chi connectivity index (χ0) is 13.5. The molecule has 3 rings (SSSR count). The van der Waals surface area contributed by atoms with E-state index in [2.05, 4.69) is 5.32 Å². The molecule has 3 nitrogen and oxygen atoms in total. The number of nitriles is 1. The van der Waals surface area contributed by atoms with Crippen LogP contribution in [0.4, 0.5) is 4.39 Å². The van der Waals surface area contributed by atoms with Gasteiger partial charge in [-0.2, -0.15) is 5.26 Å². The lowest BCUT2D eigenvalue weighted by Gasteiger charge is -2.45. The number of hydrogen-bond acceptors (Lipinski definition) is 3. The summed E-state index contributed by atoms with van der Waals surface area (Å²) in [7, 11) is 0. The fourth-order valence-corrected chi connectivity index (χ4v) is 3.47. The van der Waals surface area contributed by atoms with Crippen LogP contribution in [-0.2, 0) is 5.60 Å². The quantitative estimate of drug-likeness (QED) is 0.813. The number of fused-ring (bicyclic) bond motifs is 2. The Morgan fingerprint density at radius 1 is 1.32 bits per heavy atom. The molecule has 19 heavy (non-hydrogen) atoms. The molecule has 1 aromatic carbocycles. The van der Waals surface area contributed by atoms with E-state index < -0.39 is 11.4 Å². The van der Waals surface area contributed by atoms with Crippen LogP contribution in [0.25, 0.3) is 0 Å². The first kappa shape index (κ1) is 12.6. The van der Waals surface area contributed by atoms with Crippen molar-refractivity contribution in [2.75, 3.05) is 0 Å². The van der Waals surface area contributed by atoms with Gasteiger partial charge in [-0.3, -0.25) is 0 Å². The van der Waals surface area contributed by atoms with Crippen LogP contribution < -0.4 is 5.32 Å². The highest BCUT2D eigenvalue weighted by molar-refractivity contribution is 5.37. The number of rotatable bonds is 1. The lowest BCUT2D eigenvalue weighted by molar-refractivity contribution is -0.0359. The summed E-state index contributed by atoms with van der Waals surface area (Å²) in [5, 5.41) is 23.3. The van der Waals surface area contributed by atoms with Crippen molar-refractivity contribution in [3.8, 4) is 6.07 Å². The van der Waals surface area contributed by atoms with E-state index in [4.69, 9.17) is 5.26 Å². The highest BCUT2D eigenvalue weighted by atomic mass is 19.1. The van der Waals surface area contributed by atoms with E-state index in [0.29, 0.717) is 30.5 Å². The van der Waals surface area contributed by atoms with Crippen LogP contribution in [0.3, 0.4) is 0 Å². The average Bonchev–Trinajstić information content (AvgIpc) is 2.38. The van der Waals surface area contributed by atoms with Gasteiger partial charge in [0.25, 0.3) is 0 Å². The summed E-state index contributed by atoms with van der Waals surface area (Å²) in [5.41, 5.74) is -0.251. The molecule has 2 aliphatic heterocycles. The fraction of sp³-hybridized carbons (Fsp3) is 0.533. The molecule has 0 radical (unpaired) electrons. The molecule has 0 aliphatic carbocycles. The Bertz CT molecular complexity index is 525. The summed E-state index contributed by atoms with van der Waals surface area (Å²) in [6, 6.07) is 6.88. The molecular weight excluding hydrogens is 243 g/mol. The van der Waals surface area contributed by atoms with E-state index in [-0.39, 0.29) is 5.56 Å². The maximum Gasteiger partial charge on any atom is 0.140 e. The van der Waals surface area contributed by atoms with Crippen LogP contribution in [0.2, 0.25) is 0 Å². The minimum Gasteiger partial charge on any atom is -0.385 e. The third-order valence-electron chi connectivity index (χ3n) is 4.37. The molecule has 0 saturated carbocycles. The summed E-state index contributed by atoms with van der Waals surface area (Å²) in [4.78, 5) is 0. The minimum atomic E-state index is -0.930. The fourth-order valence-electron chi connectivity index (χ4n) is 3.47. The first-order valence-corrected chi connectivity index (χ1v) is 6.79. The molecule has 2 N–H and O–H groups in total. The number of halogens is 1. The van der Waals surface area contributed by atoms with E-state index in [9.17, 15) is 9.50 Å². The minimum absolute atomic E-state index is 0.00890. The van der Waals surface area contributed by atoms with Crippen molar-refractivity contribution in [2.24, 2.45) is 0 Å². The summed E-state index contributed by atoms with van der Waals surface area (Å²) < 4.78 is 13.4. The number of nitrogens with one attached hydrogen (secondary N) is 1. The van der Waals surface area contributed by atoms with Gasteiger partial charge >= 0.3 is 0 Å². The Labute approximate surface area is 112 Å². The van der Waals surface area contributed by atoms with Gasteiger partial charge in [0.05, 0.1) is 11.2 Å². The van der Waals surface area contributed by atoms with E-state index in [1.54, 1.807) is 6.07 Å². The zero-order valence-corrected chi connectivity index (χ0v) is 10.7. The predicted molar refractivity (Wildman–Crippen MR) is 68.8 cm³/mol. The highest BCUT2D eigenvalue weighted by Crippen LogP contribution is 2.39. The molecule has 100 valence electrons. The van der Waals surface area contributed by atoms with Crippen LogP contribution in [0.15, 0.2) is 18.2 Å². The monoisotopic (exact) mass is 260 g/mol. The SMILES string of the molecule is N#Cc1cc(C2(O)CC3CCCC(C2)N3)ccc1F. The van der Waals surface area contributed by atoms with Gasteiger partial charge in [0, 0.05) is 12.1 Å². The normalized spacial score (nSPS) is 33.7. The van der Waals surface area contributed by atoms with Gasteiger partial charge in [-0.1, -0.05) is 12.5 Å². The van der Waals surface area contributed by atoms with Gasteiger partial charge in [-0.15, -0.1) is 0 Å². The summed E-state index contributed by atoms with van der Waals surface area (Å²) >= 11 is 0. The van der Waals surface area contributed by atoms with Crippen LogP contribution in [-0.4, -0.2) is 17.2 Å². The van der Waals surface area contributed by atoms with Crippen molar-refractivity contribution >= 4 is 0 Å². The number of nitrogens with zero attached hydrogens (tertiary/aromatic N) is 1. The van der Waals surface area contributed by atoms with Gasteiger partial charge in [0.15, 0.2) is 0 Å². The second-order valence-corrected chi connectivity index (χ2v) is 5.74. The maximum atomic E-state index is 13.4. The van der Waals surface area contributed by atoms with E-state index in [0.717, 1.165) is 12.8 Å². The smallest absolute Gasteiger partial charge is 0.140 e. The lowest BCUT2D eigenvalue weighted by Crippen LogP contribution is -2.54. The number of benzene rings is 1. The molecule has 2 saturated heterocycles.